The Balaban J connectivity index is 1.59. The largest absolute Gasteiger partial charge is 0.328 e. The molecule has 0 spiro atoms. The second-order valence-corrected chi connectivity index (χ2v) is 8.79. The predicted molar refractivity (Wildman–Crippen MR) is 111 cm³/mol. The van der Waals surface area contributed by atoms with E-state index in [1.54, 1.807) is 17.7 Å². The average molecular weight is 391 g/mol. The molecule has 2 aromatic heterocycles. The van der Waals surface area contributed by atoms with E-state index in [2.05, 4.69) is 71.0 Å². The zero-order valence-electron chi connectivity index (χ0n) is 15.9. The van der Waals surface area contributed by atoms with Gasteiger partial charge >= 0.3 is 0 Å². The summed E-state index contributed by atoms with van der Waals surface area (Å²) in [6.07, 6.45) is 4.30. The van der Waals surface area contributed by atoms with E-state index >= 15 is 0 Å². The zero-order chi connectivity index (χ0) is 19.3. The minimum atomic E-state index is -0.254. The minimum Gasteiger partial charge on any atom is -0.328 e. The molecule has 0 unspecified atom stereocenters. The first-order chi connectivity index (χ1) is 13.6. The molecule has 28 heavy (non-hydrogen) atoms. The highest BCUT2D eigenvalue weighted by Gasteiger charge is 2.43. The number of nitrogens with zero attached hydrogens (tertiary/aromatic N) is 3. The van der Waals surface area contributed by atoms with Gasteiger partial charge in [-0.3, -0.25) is 4.79 Å². The molecule has 1 aliphatic carbocycles. The van der Waals surface area contributed by atoms with E-state index in [0.29, 0.717) is 18.3 Å². The number of nitrogens with one attached hydrogen (secondary N) is 1. The summed E-state index contributed by atoms with van der Waals surface area (Å²) in [6.45, 7) is 4.37. The number of benzene rings is 1. The van der Waals surface area contributed by atoms with Gasteiger partial charge in [-0.15, -0.1) is 11.3 Å². The molecule has 2 aliphatic rings. The molecule has 1 N–H and O–H groups in total. The van der Waals surface area contributed by atoms with Crippen molar-refractivity contribution in [2.24, 2.45) is 5.92 Å². The Morgan fingerprint density at radius 1 is 1.21 bits per heavy atom. The molecule has 3 aromatic rings. The lowest BCUT2D eigenvalue weighted by atomic mass is 9.77. The molecule has 6 heteroatoms. The van der Waals surface area contributed by atoms with E-state index in [9.17, 15) is 4.79 Å². The number of rotatable bonds is 3. The monoisotopic (exact) mass is 390 g/mol. The second-order valence-electron chi connectivity index (χ2n) is 7.81. The number of carbonyl (C=O) groups is 1. The van der Waals surface area contributed by atoms with Crippen molar-refractivity contribution >= 4 is 23.1 Å². The third-order valence-electron chi connectivity index (χ3n) is 5.75. The van der Waals surface area contributed by atoms with Crippen molar-refractivity contribution in [3.8, 4) is 0 Å². The van der Waals surface area contributed by atoms with Crippen LogP contribution < -0.4 is 5.32 Å². The number of fused-ring (bicyclic) bond motifs is 2. The first-order valence-electron chi connectivity index (χ1n) is 9.66. The number of aromatic nitrogens is 3. The fourth-order valence-electron chi connectivity index (χ4n) is 4.27. The van der Waals surface area contributed by atoms with Gasteiger partial charge in [0.1, 0.15) is 12.1 Å². The predicted octanol–water partition coefficient (Wildman–Crippen LogP) is 4.73. The van der Waals surface area contributed by atoms with Gasteiger partial charge in [-0.05, 0) is 28.5 Å². The molecular weight excluding hydrogens is 368 g/mol. The Morgan fingerprint density at radius 2 is 2.04 bits per heavy atom. The Bertz CT molecular complexity index is 1030. The van der Waals surface area contributed by atoms with Crippen LogP contribution in [-0.4, -0.2) is 20.5 Å². The van der Waals surface area contributed by atoms with E-state index in [-0.39, 0.29) is 23.7 Å². The lowest BCUT2D eigenvalue weighted by molar-refractivity contribution is -0.123. The molecule has 0 bridgehead atoms. The average Bonchev–Trinajstić information content (AvgIpc) is 3.38. The number of hydrogen-bond acceptors (Lipinski definition) is 5. The highest BCUT2D eigenvalue weighted by molar-refractivity contribution is 7.10. The van der Waals surface area contributed by atoms with Gasteiger partial charge in [0.05, 0.1) is 12.0 Å². The molecule has 1 aromatic carbocycles. The summed E-state index contributed by atoms with van der Waals surface area (Å²) >= 11 is 1.70. The van der Waals surface area contributed by atoms with Crippen molar-refractivity contribution in [1.82, 2.24) is 14.8 Å². The standard InChI is InChI=1S/C22H22N4OS/c1-13(2)14-5-7-15(8-6-14)21-20-17(25-22-23-12-24-26(21)22)10-16(11-18(20)27)19-4-3-9-28-19/h3-10,12-13,16,20-21H,11H2,1-2H3,(H,23,24,25)/t16-,20+,21+/m1/s1. The highest BCUT2D eigenvalue weighted by Crippen LogP contribution is 2.44. The number of allylic oxidation sites excluding steroid dienone is 2. The van der Waals surface area contributed by atoms with Gasteiger partial charge in [0.25, 0.3) is 0 Å². The van der Waals surface area contributed by atoms with E-state index in [0.717, 1.165) is 11.3 Å². The summed E-state index contributed by atoms with van der Waals surface area (Å²) in [5.41, 5.74) is 3.34. The van der Waals surface area contributed by atoms with E-state index < -0.39 is 0 Å². The summed E-state index contributed by atoms with van der Waals surface area (Å²) < 4.78 is 1.86. The van der Waals surface area contributed by atoms with Crippen LogP contribution in [-0.2, 0) is 4.79 Å². The van der Waals surface area contributed by atoms with Crippen molar-refractivity contribution in [2.75, 3.05) is 5.32 Å². The van der Waals surface area contributed by atoms with Gasteiger partial charge in [-0.1, -0.05) is 50.3 Å². The van der Waals surface area contributed by atoms with Crippen molar-refractivity contribution in [1.29, 1.82) is 0 Å². The number of carbonyl (C=O) groups excluding carboxylic acids is 1. The molecule has 0 saturated heterocycles. The number of hydrogen-bond donors (Lipinski definition) is 1. The van der Waals surface area contributed by atoms with E-state index in [1.165, 1.54) is 10.4 Å². The maximum Gasteiger partial charge on any atom is 0.226 e. The quantitative estimate of drug-likeness (QED) is 0.702. The van der Waals surface area contributed by atoms with Crippen LogP contribution in [0.25, 0.3) is 0 Å². The van der Waals surface area contributed by atoms with Crippen molar-refractivity contribution in [3.63, 3.8) is 0 Å². The van der Waals surface area contributed by atoms with Crippen molar-refractivity contribution < 1.29 is 4.79 Å². The maximum atomic E-state index is 13.3. The summed E-state index contributed by atoms with van der Waals surface area (Å²) in [5, 5.41) is 9.86. The van der Waals surface area contributed by atoms with Crippen LogP contribution in [0.2, 0.25) is 0 Å². The van der Waals surface area contributed by atoms with Gasteiger partial charge in [0.15, 0.2) is 0 Å². The lowest BCUT2D eigenvalue weighted by Gasteiger charge is -2.37. The Hall–Kier alpha value is -2.73. The molecule has 0 radical (unpaired) electrons. The Labute approximate surface area is 168 Å². The molecular formula is C22H22N4OS. The van der Waals surface area contributed by atoms with Crippen LogP contribution in [0, 0.1) is 5.92 Å². The van der Waals surface area contributed by atoms with Crippen LogP contribution in [0.4, 0.5) is 5.95 Å². The summed E-state index contributed by atoms with van der Waals surface area (Å²) in [5.74, 6) is 1.30. The van der Waals surface area contributed by atoms with Gasteiger partial charge in [-0.25, -0.2) is 4.68 Å². The van der Waals surface area contributed by atoms with E-state index in [1.807, 2.05) is 10.7 Å². The summed E-state index contributed by atoms with van der Waals surface area (Å²) in [4.78, 5) is 18.9. The molecule has 0 fully saturated rings. The number of ketones is 1. The molecule has 1 aliphatic heterocycles. The third-order valence-corrected chi connectivity index (χ3v) is 6.75. The number of Topliss-reactive ketones (excluding diaryl/α,β-unsaturated/α-hetero) is 1. The first kappa shape index (κ1) is 17.4. The SMILES string of the molecule is CC(C)c1ccc([C@H]2[C@@H]3C(=O)C[C@H](c4cccs4)C=C3Nc3ncnn32)cc1. The van der Waals surface area contributed by atoms with Gasteiger partial charge in [0.2, 0.25) is 5.95 Å². The smallest absolute Gasteiger partial charge is 0.226 e. The molecule has 0 saturated carbocycles. The molecule has 142 valence electrons. The first-order valence-corrected chi connectivity index (χ1v) is 10.5. The number of thiophene rings is 1. The van der Waals surface area contributed by atoms with Crippen LogP contribution in [0.1, 0.15) is 54.1 Å². The molecule has 0 amide bonds. The molecule has 5 nitrogen and oxygen atoms in total. The fraction of sp³-hybridized carbons (Fsp3) is 0.318. The normalized spacial score (nSPS) is 23.8. The molecule has 3 heterocycles. The second kappa shape index (κ2) is 6.71. The van der Waals surface area contributed by atoms with Crippen LogP contribution in [0.15, 0.2) is 59.9 Å². The van der Waals surface area contributed by atoms with Crippen molar-refractivity contribution in [3.05, 3.63) is 75.9 Å². The summed E-state index contributed by atoms with van der Waals surface area (Å²) in [7, 11) is 0. The van der Waals surface area contributed by atoms with Crippen LogP contribution in [0.3, 0.4) is 0 Å². The highest BCUT2D eigenvalue weighted by atomic mass is 32.1. The lowest BCUT2D eigenvalue weighted by Crippen LogP contribution is -2.40. The fourth-order valence-corrected chi connectivity index (χ4v) is 5.07. The Kier molecular flexibility index (Phi) is 4.16. The molecule has 3 atom stereocenters. The van der Waals surface area contributed by atoms with Gasteiger partial charge in [0, 0.05) is 22.9 Å². The van der Waals surface area contributed by atoms with Crippen LogP contribution >= 0.6 is 11.3 Å². The zero-order valence-corrected chi connectivity index (χ0v) is 16.7. The summed E-state index contributed by atoms with van der Waals surface area (Å²) in [6, 6.07) is 12.6. The number of anilines is 1. The van der Waals surface area contributed by atoms with Gasteiger partial charge < -0.3 is 5.32 Å². The Morgan fingerprint density at radius 3 is 2.75 bits per heavy atom. The van der Waals surface area contributed by atoms with E-state index in [4.69, 9.17) is 0 Å². The molecule has 5 rings (SSSR count). The van der Waals surface area contributed by atoms with Crippen molar-refractivity contribution in [2.45, 2.75) is 38.1 Å². The van der Waals surface area contributed by atoms with Gasteiger partial charge in [-0.2, -0.15) is 10.1 Å². The third kappa shape index (κ3) is 2.79. The minimum absolute atomic E-state index is 0.129. The maximum absolute atomic E-state index is 13.3. The van der Waals surface area contributed by atoms with Crippen LogP contribution in [0.5, 0.6) is 0 Å². The topological polar surface area (TPSA) is 59.8 Å².